The average Bonchev–Trinajstić information content (AvgIpc) is 3.16. The molecule has 4 rings (SSSR count). The number of amides is 1. The number of hydrogen-bond donors (Lipinski definition) is 0. The number of fused-ring (bicyclic) bond motifs is 1. The number of rotatable bonds is 4. The third kappa shape index (κ3) is 4.96. The number of ether oxygens (including phenoxy) is 1. The number of carbonyl (C=O) groups excluding carboxylic acids is 1. The van der Waals surface area contributed by atoms with Crippen molar-refractivity contribution in [2.75, 3.05) is 0 Å². The van der Waals surface area contributed by atoms with E-state index in [2.05, 4.69) is 24.9 Å². The summed E-state index contributed by atoms with van der Waals surface area (Å²) in [5, 5.41) is 14.4. The van der Waals surface area contributed by atoms with Crippen molar-refractivity contribution in [1.29, 1.82) is 5.26 Å². The monoisotopic (exact) mass is 457 g/mol. The van der Waals surface area contributed by atoms with Crippen molar-refractivity contribution in [2.24, 2.45) is 5.92 Å². The van der Waals surface area contributed by atoms with Crippen molar-refractivity contribution in [2.45, 2.75) is 65.8 Å². The number of nitriles is 1. The molecule has 0 radical (unpaired) electrons. The van der Waals surface area contributed by atoms with E-state index in [0.29, 0.717) is 24.6 Å². The van der Waals surface area contributed by atoms with Crippen LogP contribution >= 0.6 is 0 Å². The number of benzene rings is 1. The Balaban J connectivity index is 1.85. The minimum atomic E-state index is -0.575. The van der Waals surface area contributed by atoms with Gasteiger partial charge in [0.25, 0.3) is 0 Å². The third-order valence-electron chi connectivity index (χ3n) is 5.81. The summed E-state index contributed by atoms with van der Waals surface area (Å²) in [4.78, 5) is 19.3. The van der Waals surface area contributed by atoms with E-state index < -0.39 is 5.60 Å². The molecule has 7 nitrogen and oxygen atoms in total. The normalized spacial score (nSPS) is 15.7. The lowest BCUT2D eigenvalue weighted by Gasteiger charge is -2.38. The molecule has 2 aromatic heterocycles. The minimum absolute atomic E-state index is 0.0224. The average molecular weight is 458 g/mol. The molecule has 7 heteroatoms. The molecule has 34 heavy (non-hydrogen) atoms. The van der Waals surface area contributed by atoms with E-state index in [4.69, 9.17) is 9.84 Å². The van der Waals surface area contributed by atoms with Crippen molar-refractivity contribution < 1.29 is 9.53 Å². The SMILES string of the molecule is CC(C)C[C@H]1Cn2nc(-c3cccc(C#N)c3)c(-c3ccncc3)c2CN1C(=O)OC(C)(C)C. The van der Waals surface area contributed by atoms with Crippen LogP contribution in [0.1, 0.15) is 52.3 Å². The molecule has 1 aliphatic rings. The van der Waals surface area contributed by atoms with Crippen molar-refractivity contribution in [1.82, 2.24) is 19.7 Å². The van der Waals surface area contributed by atoms with Crippen LogP contribution in [0.15, 0.2) is 48.8 Å². The Bertz CT molecular complexity index is 1220. The van der Waals surface area contributed by atoms with E-state index in [1.807, 2.05) is 60.7 Å². The lowest BCUT2D eigenvalue weighted by molar-refractivity contribution is 0.00417. The third-order valence-corrected chi connectivity index (χ3v) is 5.81. The summed E-state index contributed by atoms with van der Waals surface area (Å²) < 4.78 is 7.81. The molecule has 1 aromatic carbocycles. The van der Waals surface area contributed by atoms with Gasteiger partial charge in [0, 0.05) is 23.5 Å². The van der Waals surface area contributed by atoms with Gasteiger partial charge in [-0.3, -0.25) is 14.6 Å². The van der Waals surface area contributed by atoms with Crippen LogP contribution in [0.3, 0.4) is 0 Å². The second kappa shape index (κ2) is 9.30. The first kappa shape index (κ1) is 23.5. The fraction of sp³-hybridized carbons (Fsp3) is 0.407. The number of aromatic nitrogens is 3. The van der Waals surface area contributed by atoms with Crippen molar-refractivity contribution in [3.63, 3.8) is 0 Å². The zero-order chi connectivity index (χ0) is 24.5. The molecule has 0 saturated heterocycles. The lowest BCUT2D eigenvalue weighted by Crippen LogP contribution is -2.49. The molecule has 0 N–H and O–H groups in total. The maximum absolute atomic E-state index is 13.3. The number of carbonyl (C=O) groups is 1. The molecule has 0 saturated carbocycles. The molecule has 1 aliphatic heterocycles. The maximum atomic E-state index is 13.3. The van der Waals surface area contributed by atoms with E-state index in [1.165, 1.54) is 0 Å². The molecule has 0 spiro atoms. The maximum Gasteiger partial charge on any atom is 0.410 e. The highest BCUT2D eigenvalue weighted by Gasteiger charge is 2.36. The van der Waals surface area contributed by atoms with Crippen LogP contribution in [-0.4, -0.2) is 37.4 Å². The van der Waals surface area contributed by atoms with E-state index in [1.54, 1.807) is 18.5 Å². The van der Waals surface area contributed by atoms with Gasteiger partial charge in [0.1, 0.15) is 11.3 Å². The zero-order valence-corrected chi connectivity index (χ0v) is 20.4. The molecule has 0 fully saturated rings. The summed E-state index contributed by atoms with van der Waals surface area (Å²) in [5.74, 6) is 0.415. The second-order valence-corrected chi connectivity index (χ2v) is 10.2. The summed E-state index contributed by atoms with van der Waals surface area (Å²) in [5.41, 5.74) is 4.55. The fourth-order valence-corrected chi connectivity index (χ4v) is 4.44. The number of hydrogen-bond acceptors (Lipinski definition) is 5. The molecule has 3 aromatic rings. The van der Waals surface area contributed by atoms with Gasteiger partial charge in [-0.05, 0) is 62.9 Å². The highest BCUT2D eigenvalue weighted by molar-refractivity contribution is 5.83. The van der Waals surface area contributed by atoms with E-state index in [0.717, 1.165) is 34.5 Å². The summed E-state index contributed by atoms with van der Waals surface area (Å²) in [6.45, 7) is 11.0. The molecule has 176 valence electrons. The first-order chi connectivity index (χ1) is 16.2. The van der Waals surface area contributed by atoms with Crippen LogP contribution in [-0.2, 0) is 17.8 Å². The number of nitrogens with zero attached hydrogens (tertiary/aromatic N) is 5. The van der Waals surface area contributed by atoms with Crippen LogP contribution in [0.2, 0.25) is 0 Å². The standard InChI is InChI=1S/C27H31N5O2/c1-18(2)13-22-16-32-23(17-31(22)26(33)34-27(3,4)5)24(20-9-11-29-12-10-20)25(30-32)21-8-6-7-19(14-21)15-28/h6-12,14,18,22H,13,16-17H2,1-5H3/t22-/m0/s1. The first-order valence-electron chi connectivity index (χ1n) is 11.7. The van der Waals surface area contributed by atoms with Gasteiger partial charge in [0.05, 0.1) is 36.5 Å². The predicted molar refractivity (Wildman–Crippen MR) is 131 cm³/mol. The number of pyridine rings is 1. The highest BCUT2D eigenvalue weighted by atomic mass is 16.6. The molecular weight excluding hydrogens is 426 g/mol. The first-order valence-corrected chi connectivity index (χ1v) is 11.7. The van der Waals surface area contributed by atoms with Gasteiger partial charge < -0.3 is 4.74 Å². The van der Waals surface area contributed by atoms with Crippen LogP contribution < -0.4 is 0 Å². The van der Waals surface area contributed by atoms with Gasteiger partial charge in [0.2, 0.25) is 0 Å². The van der Waals surface area contributed by atoms with Crippen molar-refractivity contribution in [3.8, 4) is 28.5 Å². The molecule has 0 unspecified atom stereocenters. The molecule has 0 aliphatic carbocycles. The van der Waals surface area contributed by atoms with Crippen LogP contribution in [0.5, 0.6) is 0 Å². The minimum Gasteiger partial charge on any atom is -0.444 e. The fourth-order valence-electron chi connectivity index (χ4n) is 4.44. The summed E-state index contributed by atoms with van der Waals surface area (Å²) in [6.07, 6.45) is 4.05. The predicted octanol–water partition coefficient (Wildman–Crippen LogP) is 5.65. The summed E-state index contributed by atoms with van der Waals surface area (Å²) in [6, 6.07) is 13.6. The molecule has 1 amide bonds. The summed E-state index contributed by atoms with van der Waals surface area (Å²) in [7, 11) is 0. The van der Waals surface area contributed by atoms with E-state index >= 15 is 0 Å². The summed E-state index contributed by atoms with van der Waals surface area (Å²) >= 11 is 0. The van der Waals surface area contributed by atoms with Crippen molar-refractivity contribution in [3.05, 3.63) is 60.0 Å². The van der Waals surface area contributed by atoms with Crippen molar-refractivity contribution >= 4 is 6.09 Å². The topological polar surface area (TPSA) is 84.0 Å². The second-order valence-electron chi connectivity index (χ2n) is 10.2. The Morgan fingerprint density at radius 3 is 2.59 bits per heavy atom. The van der Waals surface area contributed by atoms with E-state index in [9.17, 15) is 10.1 Å². The van der Waals surface area contributed by atoms with Gasteiger partial charge in [-0.15, -0.1) is 0 Å². The zero-order valence-electron chi connectivity index (χ0n) is 20.4. The largest absolute Gasteiger partial charge is 0.444 e. The van der Waals surface area contributed by atoms with Crippen LogP contribution in [0, 0.1) is 17.2 Å². The Morgan fingerprint density at radius 2 is 1.94 bits per heavy atom. The quantitative estimate of drug-likeness (QED) is 0.505. The smallest absolute Gasteiger partial charge is 0.410 e. The van der Waals surface area contributed by atoms with Gasteiger partial charge in [-0.2, -0.15) is 10.4 Å². The highest BCUT2D eigenvalue weighted by Crippen LogP contribution is 2.38. The van der Waals surface area contributed by atoms with Gasteiger partial charge in [-0.25, -0.2) is 4.79 Å². The Hall–Kier alpha value is -3.66. The molecule has 3 heterocycles. The van der Waals surface area contributed by atoms with Crippen LogP contribution in [0.25, 0.3) is 22.4 Å². The molecule has 1 atom stereocenters. The Morgan fingerprint density at radius 1 is 1.21 bits per heavy atom. The Labute approximate surface area is 201 Å². The van der Waals surface area contributed by atoms with Gasteiger partial charge >= 0.3 is 6.09 Å². The van der Waals surface area contributed by atoms with Gasteiger partial charge in [0.15, 0.2) is 0 Å². The van der Waals surface area contributed by atoms with Gasteiger partial charge in [-0.1, -0.05) is 26.0 Å². The van der Waals surface area contributed by atoms with E-state index in [-0.39, 0.29) is 12.1 Å². The molecular formula is C27H31N5O2. The molecule has 0 bridgehead atoms. The van der Waals surface area contributed by atoms with Crippen LogP contribution in [0.4, 0.5) is 4.79 Å². The Kier molecular flexibility index (Phi) is 6.43. The lowest BCUT2D eigenvalue weighted by atomic mass is 9.96.